The zero-order valence-corrected chi connectivity index (χ0v) is 17.0. The van der Waals surface area contributed by atoms with E-state index >= 15 is 0 Å². The van der Waals surface area contributed by atoms with Gasteiger partial charge in [-0.05, 0) is 49.7 Å². The molecule has 0 fully saturated rings. The lowest BCUT2D eigenvalue weighted by Gasteiger charge is -2.18. The molecule has 2 rings (SSSR count). The van der Waals surface area contributed by atoms with E-state index in [9.17, 15) is 16.8 Å². The van der Waals surface area contributed by atoms with E-state index in [2.05, 4.69) is 4.72 Å². The molecule has 2 aromatic rings. The monoisotopic (exact) mass is 396 g/mol. The van der Waals surface area contributed by atoms with Crippen molar-refractivity contribution in [3.05, 3.63) is 53.6 Å². The predicted molar refractivity (Wildman–Crippen MR) is 103 cm³/mol. The van der Waals surface area contributed by atoms with Crippen molar-refractivity contribution in [3.8, 4) is 0 Å². The molecule has 1 N–H and O–H groups in total. The number of nitrogens with zero attached hydrogens (tertiary/aromatic N) is 1. The molecule has 0 amide bonds. The third-order valence-electron chi connectivity index (χ3n) is 4.10. The van der Waals surface area contributed by atoms with E-state index in [-0.39, 0.29) is 9.79 Å². The fourth-order valence-electron chi connectivity index (χ4n) is 2.64. The van der Waals surface area contributed by atoms with Gasteiger partial charge in [-0.3, -0.25) is 4.72 Å². The van der Waals surface area contributed by atoms with Crippen LogP contribution in [0.5, 0.6) is 0 Å². The fraction of sp³-hybridized carbons (Fsp3) is 0.333. The maximum Gasteiger partial charge on any atom is 0.261 e. The number of aryl methyl sites for hydroxylation is 2. The summed E-state index contributed by atoms with van der Waals surface area (Å²) in [6, 6.07) is 10.7. The van der Waals surface area contributed by atoms with Crippen LogP contribution in [0, 0.1) is 13.8 Å². The van der Waals surface area contributed by atoms with E-state index in [4.69, 9.17) is 0 Å². The van der Waals surface area contributed by atoms with Crippen LogP contribution < -0.4 is 4.72 Å². The van der Waals surface area contributed by atoms with Crippen LogP contribution in [0.3, 0.4) is 0 Å². The summed E-state index contributed by atoms with van der Waals surface area (Å²) < 4.78 is 54.0. The number of sulfonamides is 2. The minimum atomic E-state index is -3.80. The Bertz CT molecular complexity index is 978. The standard InChI is InChI=1S/C18H24N2O4S2/c1-5-20(6-2)26(23,24)17-10-8-16(9-11-17)25(21,22)19-18-12-7-14(3)13-15(18)4/h7-13,19H,5-6H2,1-4H3. The molecule has 0 aromatic heterocycles. The van der Waals surface area contributed by atoms with Crippen molar-refractivity contribution in [2.24, 2.45) is 0 Å². The van der Waals surface area contributed by atoms with Crippen molar-refractivity contribution in [1.82, 2.24) is 4.31 Å². The first-order valence-corrected chi connectivity index (χ1v) is 11.2. The SMILES string of the molecule is CCN(CC)S(=O)(=O)c1ccc(S(=O)(=O)Nc2ccc(C)cc2C)cc1. The highest BCUT2D eigenvalue weighted by molar-refractivity contribution is 7.92. The molecule has 0 bridgehead atoms. The van der Waals surface area contributed by atoms with Crippen LogP contribution in [0.15, 0.2) is 52.3 Å². The first kappa shape index (κ1) is 20.4. The van der Waals surface area contributed by atoms with Gasteiger partial charge >= 0.3 is 0 Å². The van der Waals surface area contributed by atoms with E-state index in [1.165, 1.54) is 28.6 Å². The molecule has 0 unspecified atom stereocenters. The second-order valence-electron chi connectivity index (χ2n) is 5.98. The lowest BCUT2D eigenvalue weighted by Crippen LogP contribution is -2.30. The van der Waals surface area contributed by atoms with E-state index in [1.54, 1.807) is 19.9 Å². The number of rotatable bonds is 7. The Labute approximate surface area is 156 Å². The van der Waals surface area contributed by atoms with E-state index in [0.29, 0.717) is 18.8 Å². The van der Waals surface area contributed by atoms with Gasteiger partial charge in [-0.15, -0.1) is 0 Å². The third-order valence-corrected chi connectivity index (χ3v) is 7.55. The largest absolute Gasteiger partial charge is 0.279 e. The van der Waals surface area contributed by atoms with Crippen molar-refractivity contribution in [3.63, 3.8) is 0 Å². The summed E-state index contributed by atoms with van der Waals surface area (Å²) in [6.07, 6.45) is 0. The molecule has 142 valence electrons. The van der Waals surface area contributed by atoms with Gasteiger partial charge in [0.15, 0.2) is 0 Å². The number of benzene rings is 2. The van der Waals surface area contributed by atoms with Crippen molar-refractivity contribution < 1.29 is 16.8 Å². The Balaban J connectivity index is 2.32. The fourth-order valence-corrected chi connectivity index (χ4v) is 5.22. The van der Waals surface area contributed by atoms with Crippen LogP contribution in [-0.2, 0) is 20.0 Å². The van der Waals surface area contributed by atoms with Gasteiger partial charge in [-0.2, -0.15) is 4.31 Å². The van der Waals surface area contributed by atoms with Crippen LogP contribution in [0.1, 0.15) is 25.0 Å². The lowest BCUT2D eigenvalue weighted by molar-refractivity contribution is 0.445. The quantitative estimate of drug-likeness (QED) is 0.779. The molecule has 0 atom stereocenters. The molecular weight excluding hydrogens is 372 g/mol. The molecule has 0 aliphatic heterocycles. The Morgan fingerprint density at radius 2 is 1.38 bits per heavy atom. The Morgan fingerprint density at radius 3 is 1.88 bits per heavy atom. The van der Waals surface area contributed by atoms with Gasteiger partial charge in [0, 0.05) is 13.1 Å². The highest BCUT2D eigenvalue weighted by atomic mass is 32.2. The topological polar surface area (TPSA) is 83.6 Å². The molecule has 0 radical (unpaired) electrons. The normalized spacial score (nSPS) is 12.3. The summed E-state index contributed by atoms with van der Waals surface area (Å²) in [7, 11) is -7.42. The Hall–Kier alpha value is -1.90. The number of hydrogen-bond acceptors (Lipinski definition) is 4. The highest BCUT2D eigenvalue weighted by Crippen LogP contribution is 2.22. The zero-order valence-electron chi connectivity index (χ0n) is 15.4. The summed E-state index contributed by atoms with van der Waals surface area (Å²) in [4.78, 5) is 0.0858. The molecule has 26 heavy (non-hydrogen) atoms. The lowest BCUT2D eigenvalue weighted by atomic mass is 10.1. The van der Waals surface area contributed by atoms with Crippen molar-refractivity contribution >= 4 is 25.7 Å². The summed E-state index contributed by atoms with van der Waals surface area (Å²) in [6.45, 7) is 7.98. The third kappa shape index (κ3) is 4.25. The molecule has 8 heteroatoms. The van der Waals surface area contributed by atoms with E-state index in [1.807, 2.05) is 26.0 Å². The number of anilines is 1. The molecule has 0 aliphatic rings. The average molecular weight is 397 g/mol. The van der Waals surface area contributed by atoms with Crippen molar-refractivity contribution in [1.29, 1.82) is 0 Å². The minimum absolute atomic E-state index is 0.0102. The van der Waals surface area contributed by atoms with Crippen LogP contribution in [0.4, 0.5) is 5.69 Å². The summed E-state index contributed by atoms with van der Waals surface area (Å²) >= 11 is 0. The Kier molecular flexibility index (Phi) is 6.10. The summed E-state index contributed by atoms with van der Waals surface area (Å²) in [5.41, 5.74) is 2.35. The molecule has 0 aliphatic carbocycles. The second-order valence-corrected chi connectivity index (χ2v) is 9.60. The van der Waals surface area contributed by atoms with Crippen LogP contribution in [-0.4, -0.2) is 34.2 Å². The van der Waals surface area contributed by atoms with Gasteiger partial charge in [0.2, 0.25) is 10.0 Å². The average Bonchev–Trinajstić information content (AvgIpc) is 2.58. The minimum Gasteiger partial charge on any atom is -0.279 e. The molecule has 0 spiro atoms. The van der Waals surface area contributed by atoms with Crippen LogP contribution in [0.2, 0.25) is 0 Å². The molecular formula is C18H24N2O4S2. The van der Waals surface area contributed by atoms with Crippen LogP contribution in [0.25, 0.3) is 0 Å². The Morgan fingerprint density at radius 1 is 0.846 bits per heavy atom. The molecule has 0 saturated heterocycles. The van der Waals surface area contributed by atoms with E-state index < -0.39 is 20.0 Å². The molecule has 2 aromatic carbocycles. The summed E-state index contributed by atoms with van der Waals surface area (Å²) in [5.74, 6) is 0. The number of nitrogens with one attached hydrogen (secondary N) is 1. The summed E-state index contributed by atoms with van der Waals surface area (Å²) in [5, 5.41) is 0. The van der Waals surface area contributed by atoms with Gasteiger partial charge in [0.1, 0.15) is 0 Å². The number of hydrogen-bond donors (Lipinski definition) is 1. The zero-order chi connectivity index (χ0) is 19.5. The first-order chi connectivity index (χ1) is 12.1. The van der Waals surface area contributed by atoms with Crippen molar-refractivity contribution in [2.75, 3.05) is 17.8 Å². The first-order valence-electron chi connectivity index (χ1n) is 8.32. The van der Waals surface area contributed by atoms with Crippen LogP contribution >= 0.6 is 0 Å². The van der Waals surface area contributed by atoms with E-state index in [0.717, 1.165) is 11.1 Å². The predicted octanol–water partition coefficient (Wildman–Crippen LogP) is 3.13. The second kappa shape index (κ2) is 7.77. The molecule has 0 heterocycles. The van der Waals surface area contributed by atoms with Gasteiger partial charge < -0.3 is 0 Å². The maximum atomic E-state index is 12.6. The van der Waals surface area contributed by atoms with Gasteiger partial charge in [0.25, 0.3) is 10.0 Å². The molecule has 6 nitrogen and oxygen atoms in total. The van der Waals surface area contributed by atoms with Gasteiger partial charge in [0.05, 0.1) is 15.5 Å². The highest BCUT2D eigenvalue weighted by Gasteiger charge is 2.23. The smallest absolute Gasteiger partial charge is 0.261 e. The molecule has 0 saturated carbocycles. The van der Waals surface area contributed by atoms with Gasteiger partial charge in [-0.1, -0.05) is 31.5 Å². The maximum absolute atomic E-state index is 12.6. The van der Waals surface area contributed by atoms with Crippen molar-refractivity contribution in [2.45, 2.75) is 37.5 Å². The van der Waals surface area contributed by atoms with Gasteiger partial charge in [-0.25, -0.2) is 16.8 Å².